The van der Waals surface area contributed by atoms with Gasteiger partial charge in [0.15, 0.2) is 0 Å². The summed E-state index contributed by atoms with van der Waals surface area (Å²) < 4.78 is 0. The SMILES string of the molecule is N#CCCC(N)c1ccc2c(c1)NC(=O)CS2. The van der Waals surface area contributed by atoms with Crippen molar-refractivity contribution in [3.8, 4) is 6.07 Å². The van der Waals surface area contributed by atoms with Crippen molar-refractivity contribution in [2.24, 2.45) is 5.73 Å². The van der Waals surface area contributed by atoms with E-state index < -0.39 is 0 Å². The van der Waals surface area contributed by atoms with Crippen LogP contribution in [0.4, 0.5) is 5.69 Å². The molecule has 1 atom stereocenters. The number of nitriles is 1. The molecule has 5 heteroatoms. The molecule has 0 fully saturated rings. The van der Waals surface area contributed by atoms with Gasteiger partial charge in [-0.1, -0.05) is 6.07 Å². The Morgan fingerprint density at radius 1 is 1.59 bits per heavy atom. The van der Waals surface area contributed by atoms with Crippen LogP contribution in [0.5, 0.6) is 0 Å². The number of amides is 1. The molecule has 3 N–H and O–H groups in total. The molecule has 1 amide bonds. The van der Waals surface area contributed by atoms with Gasteiger partial charge in [0, 0.05) is 17.4 Å². The second kappa shape index (κ2) is 5.21. The summed E-state index contributed by atoms with van der Waals surface area (Å²) in [4.78, 5) is 12.3. The summed E-state index contributed by atoms with van der Waals surface area (Å²) in [5, 5.41) is 11.4. The Balaban J connectivity index is 2.18. The van der Waals surface area contributed by atoms with Crippen LogP contribution in [0.3, 0.4) is 0 Å². The van der Waals surface area contributed by atoms with E-state index in [1.165, 1.54) is 11.8 Å². The summed E-state index contributed by atoms with van der Waals surface area (Å²) in [5.41, 5.74) is 7.77. The Morgan fingerprint density at radius 3 is 3.18 bits per heavy atom. The summed E-state index contributed by atoms with van der Waals surface area (Å²) >= 11 is 1.53. The first-order chi connectivity index (χ1) is 8.20. The van der Waals surface area contributed by atoms with Crippen LogP contribution in [0.2, 0.25) is 0 Å². The van der Waals surface area contributed by atoms with Crippen LogP contribution >= 0.6 is 11.8 Å². The van der Waals surface area contributed by atoms with Crippen LogP contribution < -0.4 is 11.1 Å². The number of nitrogens with zero attached hydrogens (tertiary/aromatic N) is 1. The van der Waals surface area contributed by atoms with Gasteiger partial charge in [-0.2, -0.15) is 5.26 Å². The van der Waals surface area contributed by atoms with Gasteiger partial charge >= 0.3 is 0 Å². The van der Waals surface area contributed by atoms with E-state index in [4.69, 9.17) is 11.0 Å². The maximum atomic E-state index is 11.3. The van der Waals surface area contributed by atoms with Crippen LogP contribution in [0.15, 0.2) is 23.1 Å². The molecular formula is C12H13N3OS. The molecule has 0 aliphatic carbocycles. The van der Waals surface area contributed by atoms with Gasteiger partial charge in [-0.25, -0.2) is 0 Å². The molecule has 1 aliphatic rings. The van der Waals surface area contributed by atoms with Crippen molar-refractivity contribution in [2.75, 3.05) is 11.1 Å². The molecule has 0 bridgehead atoms. The number of nitrogens with one attached hydrogen (secondary N) is 1. The Labute approximate surface area is 104 Å². The van der Waals surface area contributed by atoms with Crippen molar-refractivity contribution in [1.29, 1.82) is 5.26 Å². The minimum absolute atomic E-state index is 0.0187. The van der Waals surface area contributed by atoms with Gasteiger partial charge in [0.25, 0.3) is 0 Å². The van der Waals surface area contributed by atoms with E-state index in [0.717, 1.165) is 16.1 Å². The average Bonchev–Trinajstić information content (AvgIpc) is 2.35. The van der Waals surface area contributed by atoms with Crippen LogP contribution in [0.1, 0.15) is 24.4 Å². The lowest BCUT2D eigenvalue weighted by Crippen LogP contribution is -2.19. The zero-order chi connectivity index (χ0) is 12.3. The monoisotopic (exact) mass is 247 g/mol. The number of hydrogen-bond donors (Lipinski definition) is 2. The molecule has 0 aromatic heterocycles. The molecule has 1 aromatic carbocycles. The Kier molecular flexibility index (Phi) is 3.67. The number of carbonyl (C=O) groups excluding carboxylic acids is 1. The maximum Gasteiger partial charge on any atom is 0.234 e. The summed E-state index contributed by atoms with van der Waals surface area (Å²) in [6.07, 6.45) is 1.08. The molecule has 17 heavy (non-hydrogen) atoms. The minimum atomic E-state index is -0.149. The lowest BCUT2D eigenvalue weighted by molar-refractivity contribution is -0.113. The van der Waals surface area contributed by atoms with Crippen molar-refractivity contribution in [2.45, 2.75) is 23.8 Å². The van der Waals surface area contributed by atoms with E-state index in [0.29, 0.717) is 18.6 Å². The zero-order valence-corrected chi connectivity index (χ0v) is 10.1. The highest BCUT2D eigenvalue weighted by atomic mass is 32.2. The first-order valence-corrected chi connectivity index (χ1v) is 6.38. The highest BCUT2D eigenvalue weighted by molar-refractivity contribution is 8.00. The molecule has 4 nitrogen and oxygen atoms in total. The number of fused-ring (bicyclic) bond motifs is 1. The fourth-order valence-electron chi connectivity index (χ4n) is 1.72. The molecule has 0 saturated carbocycles. The van der Waals surface area contributed by atoms with Gasteiger partial charge < -0.3 is 11.1 Å². The molecule has 1 aromatic rings. The normalized spacial score (nSPS) is 15.6. The summed E-state index contributed by atoms with van der Waals surface area (Å²) in [5.74, 6) is 0.484. The molecule has 88 valence electrons. The highest BCUT2D eigenvalue weighted by Crippen LogP contribution is 2.33. The largest absolute Gasteiger partial charge is 0.324 e. The first kappa shape index (κ1) is 12.0. The van der Waals surface area contributed by atoms with Gasteiger partial charge in [-0.3, -0.25) is 4.79 Å². The van der Waals surface area contributed by atoms with Crippen LogP contribution in [-0.4, -0.2) is 11.7 Å². The quantitative estimate of drug-likeness (QED) is 0.856. The predicted octanol–water partition coefficient (Wildman–Crippen LogP) is 2.03. The Bertz CT molecular complexity index is 481. The highest BCUT2D eigenvalue weighted by Gasteiger charge is 2.16. The van der Waals surface area contributed by atoms with Gasteiger partial charge in [0.2, 0.25) is 5.91 Å². The zero-order valence-electron chi connectivity index (χ0n) is 9.27. The second-order valence-corrected chi connectivity index (χ2v) is 4.91. The van der Waals surface area contributed by atoms with Crippen molar-refractivity contribution in [3.63, 3.8) is 0 Å². The summed E-state index contributed by atoms with van der Waals surface area (Å²) in [6.45, 7) is 0. The fraction of sp³-hybridized carbons (Fsp3) is 0.333. The number of rotatable bonds is 3. The van der Waals surface area contributed by atoms with Crippen molar-refractivity contribution in [3.05, 3.63) is 23.8 Å². The molecule has 2 rings (SSSR count). The Hall–Kier alpha value is -1.51. The second-order valence-electron chi connectivity index (χ2n) is 3.90. The molecular weight excluding hydrogens is 234 g/mol. The predicted molar refractivity (Wildman–Crippen MR) is 67.6 cm³/mol. The molecule has 1 heterocycles. The van der Waals surface area contributed by atoms with E-state index in [1.807, 2.05) is 18.2 Å². The van der Waals surface area contributed by atoms with Crippen molar-refractivity contribution in [1.82, 2.24) is 0 Å². The van der Waals surface area contributed by atoms with Crippen molar-refractivity contribution < 1.29 is 4.79 Å². The molecule has 0 saturated heterocycles. The molecule has 0 radical (unpaired) electrons. The minimum Gasteiger partial charge on any atom is -0.324 e. The van der Waals surface area contributed by atoms with Gasteiger partial charge in [-0.05, 0) is 24.1 Å². The average molecular weight is 247 g/mol. The lowest BCUT2D eigenvalue weighted by atomic mass is 10.0. The van der Waals surface area contributed by atoms with Crippen LogP contribution in [0.25, 0.3) is 0 Å². The molecule has 1 aliphatic heterocycles. The maximum absolute atomic E-state index is 11.3. The van der Waals surface area contributed by atoms with E-state index in [1.54, 1.807) is 0 Å². The van der Waals surface area contributed by atoms with Crippen molar-refractivity contribution >= 4 is 23.4 Å². The van der Waals surface area contributed by atoms with Gasteiger partial charge in [0.05, 0.1) is 17.5 Å². The number of nitrogens with two attached hydrogens (primary N) is 1. The molecule has 1 unspecified atom stereocenters. The summed E-state index contributed by atoms with van der Waals surface area (Å²) in [6, 6.07) is 7.78. The number of carbonyl (C=O) groups is 1. The van der Waals surface area contributed by atoms with E-state index in [9.17, 15) is 4.79 Å². The van der Waals surface area contributed by atoms with Gasteiger partial charge in [-0.15, -0.1) is 11.8 Å². The third kappa shape index (κ3) is 2.78. The topological polar surface area (TPSA) is 78.9 Å². The van der Waals surface area contributed by atoms with E-state index in [-0.39, 0.29) is 11.9 Å². The third-order valence-corrected chi connectivity index (χ3v) is 3.71. The first-order valence-electron chi connectivity index (χ1n) is 5.40. The van der Waals surface area contributed by atoms with Gasteiger partial charge in [0.1, 0.15) is 0 Å². The number of anilines is 1. The van der Waals surface area contributed by atoms with Crippen LogP contribution in [-0.2, 0) is 4.79 Å². The third-order valence-electron chi connectivity index (χ3n) is 2.63. The smallest absolute Gasteiger partial charge is 0.234 e. The standard InChI is InChI=1S/C12H13N3OS/c13-5-1-2-9(14)8-3-4-11-10(6-8)15-12(16)7-17-11/h3-4,6,9H,1-2,7,14H2,(H,15,16). The molecule has 0 spiro atoms. The lowest BCUT2D eigenvalue weighted by Gasteiger charge is -2.19. The van der Waals surface area contributed by atoms with E-state index >= 15 is 0 Å². The number of thioether (sulfide) groups is 1. The Morgan fingerprint density at radius 2 is 2.41 bits per heavy atom. The summed E-state index contributed by atoms with van der Waals surface area (Å²) in [7, 11) is 0. The van der Waals surface area contributed by atoms with E-state index in [2.05, 4.69) is 11.4 Å². The van der Waals surface area contributed by atoms with Crippen LogP contribution in [0, 0.1) is 11.3 Å². The number of benzene rings is 1. The fourth-order valence-corrected chi connectivity index (χ4v) is 2.51. The number of hydrogen-bond acceptors (Lipinski definition) is 4.